The van der Waals surface area contributed by atoms with Crippen LogP contribution in [-0.4, -0.2) is 17.4 Å². The number of aromatic nitrogens is 1. The van der Waals surface area contributed by atoms with Gasteiger partial charge in [-0.3, -0.25) is 0 Å². The van der Waals surface area contributed by atoms with Crippen LogP contribution in [0.1, 0.15) is 0 Å². The van der Waals surface area contributed by atoms with Gasteiger partial charge in [0.15, 0.2) is 11.5 Å². The Hall–Kier alpha value is -1.76. The van der Waals surface area contributed by atoms with E-state index in [1.807, 2.05) is 0 Å². The number of nitrogens with zero attached hydrogens (tertiary/aromatic N) is 1. The molecule has 1 aromatic carbocycles. The van der Waals surface area contributed by atoms with E-state index in [0.717, 1.165) is 6.07 Å². The van der Waals surface area contributed by atoms with E-state index in [4.69, 9.17) is 10.5 Å². The van der Waals surface area contributed by atoms with Crippen LogP contribution in [0.5, 0.6) is 11.5 Å². The van der Waals surface area contributed by atoms with E-state index in [1.165, 1.54) is 13.3 Å². The first-order valence-corrected chi connectivity index (χ1v) is 5.31. The van der Waals surface area contributed by atoms with E-state index in [0.29, 0.717) is 0 Å². The normalized spacial score (nSPS) is 10.5. The third-order valence-electron chi connectivity index (χ3n) is 2.25. The molecular weight excluding hydrogens is 295 g/mol. The Morgan fingerprint density at radius 3 is 2.82 bits per heavy atom. The maximum Gasteiger partial charge on any atom is 0.230 e. The van der Waals surface area contributed by atoms with Crippen molar-refractivity contribution in [3.63, 3.8) is 0 Å². The second kappa shape index (κ2) is 4.25. The van der Waals surface area contributed by atoms with Gasteiger partial charge in [0, 0.05) is 11.6 Å². The maximum absolute atomic E-state index is 13.9. The first-order chi connectivity index (χ1) is 8.06. The number of aromatic hydroxyl groups is 1. The van der Waals surface area contributed by atoms with Crippen molar-refractivity contribution in [3.05, 3.63) is 22.6 Å². The van der Waals surface area contributed by atoms with Gasteiger partial charge in [-0.25, -0.2) is 4.39 Å². The topological polar surface area (TPSA) is 81.5 Å². The van der Waals surface area contributed by atoms with Crippen LogP contribution in [-0.2, 0) is 0 Å². The predicted octanol–water partition coefficient (Wildman–Crippen LogP) is 2.54. The number of rotatable bonds is 2. The molecule has 90 valence electrons. The van der Waals surface area contributed by atoms with Crippen LogP contribution in [0.15, 0.2) is 21.3 Å². The molecule has 0 unspecified atom stereocenters. The molecule has 0 amide bonds. The lowest BCUT2D eigenvalue weighted by Crippen LogP contribution is -1.93. The standard InChI is InChI=1S/C10H8BrFN2O3/c1-16-6-2-5(12)7(8(11)9(6)15)4-3-14-17-10(4)13/h2-3,15H,13H2,1H3. The Morgan fingerprint density at radius 1 is 1.59 bits per heavy atom. The summed E-state index contributed by atoms with van der Waals surface area (Å²) in [5, 5.41) is 13.2. The van der Waals surface area contributed by atoms with E-state index in [1.54, 1.807) is 0 Å². The van der Waals surface area contributed by atoms with E-state index < -0.39 is 5.82 Å². The summed E-state index contributed by atoms with van der Waals surface area (Å²) in [5.41, 5.74) is 5.83. The van der Waals surface area contributed by atoms with Crippen LogP contribution in [0.2, 0.25) is 0 Å². The Morgan fingerprint density at radius 2 is 2.29 bits per heavy atom. The predicted molar refractivity (Wildman–Crippen MR) is 62.2 cm³/mol. The molecule has 0 fully saturated rings. The van der Waals surface area contributed by atoms with Gasteiger partial charge in [-0.15, -0.1) is 0 Å². The van der Waals surface area contributed by atoms with E-state index in [2.05, 4.69) is 25.6 Å². The summed E-state index contributed by atoms with van der Waals surface area (Å²) in [6.45, 7) is 0. The third kappa shape index (κ3) is 1.82. The van der Waals surface area contributed by atoms with Crippen LogP contribution in [0.4, 0.5) is 10.3 Å². The molecule has 0 spiro atoms. The quantitative estimate of drug-likeness (QED) is 0.891. The fourth-order valence-corrected chi connectivity index (χ4v) is 2.02. The molecule has 1 heterocycles. The molecule has 3 N–H and O–H groups in total. The highest BCUT2D eigenvalue weighted by Crippen LogP contribution is 2.44. The van der Waals surface area contributed by atoms with Crippen molar-refractivity contribution in [1.82, 2.24) is 5.16 Å². The van der Waals surface area contributed by atoms with Gasteiger partial charge >= 0.3 is 0 Å². The van der Waals surface area contributed by atoms with Crippen molar-refractivity contribution >= 4 is 21.8 Å². The van der Waals surface area contributed by atoms with Crippen molar-refractivity contribution < 1.29 is 18.8 Å². The van der Waals surface area contributed by atoms with Crippen molar-refractivity contribution in [3.8, 4) is 22.6 Å². The molecule has 0 radical (unpaired) electrons. The summed E-state index contributed by atoms with van der Waals surface area (Å²) in [6, 6.07) is 1.06. The number of hydrogen-bond acceptors (Lipinski definition) is 5. The lowest BCUT2D eigenvalue weighted by atomic mass is 10.1. The zero-order chi connectivity index (χ0) is 12.6. The highest BCUT2D eigenvalue weighted by atomic mass is 79.9. The van der Waals surface area contributed by atoms with Gasteiger partial charge in [0.05, 0.1) is 23.3 Å². The SMILES string of the molecule is COc1cc(F)c(-c2cnoc2N)c(Br)c1O. The van der Waals surface area contributed by atoms with E-state index >= 15 is 0 Å². The minimum absolute atomic E-state index is 0.0214. The molecule has 7 heteroatoms. The average Bonchev–Trinajstić information content (AvgIpc) is 2.70. The van der Waals surface area contributed by atoms with Gasteiger partial charge < -0.3 is 20.1 Å². The van der Waals surface area contributed by atoms with E-state index in [-0.39, 0.29) is 33.0 Å². The molecule has 0 aliphatic carbocycles. The van der Waals surface area contributed by atoms with Gasteiger partial charge in [-0.05, 0) is 15.9 Å². The fraction of sp³-hybridized carbons (Fsp3) is 0.100. The molecule has 2 rings (SSSR count). The molecule has 1 aromatic heterocycles. The lowest BCUT2D eigenvalue weighted by Gasteiger charge is -2.10. The number of anilines is 1. The zero-order valence-corrected chi connectivity index (χ0v) is 10.3. The first kappa shape index (κ1) is 11.7. The zero-order valence-electron chi connectivity index (χ0n) is 8.70. The van der Waals surface area contributed by atoms with Crippen LogP contribution >= 0.6 is 15.9 Å². The van der Waals surface area contributed by atoms with Gasteiger partial charge in [0.2, 0.25) is 5.88 Å². The maximum atomic E-state index is 13.9. The number of phenols is 1. The third-order valence-corrected chi connectivity index (χ3v) is 3.02. The van der Waals surface area contributed by atoms with Crippen LogP contribution in [0.25, 0.3) is 11.1 Å². The number of phenolic OH excluding ortho intramolecular Hbond substituents is 1. The van der Waals surface area contributed by atoms with Gasteiger partial charge in [-0.1, -0.05) is 5.16 Å². The summed E-state index contributed by atoms with van der Waals surface area (Å²) in [7, 11) is 1.33. The molecule has 0 atom stereocenters. The Kier molecular flexibility index (Phi) is 2.93. The fourth-order valence-electron chi connectivity index (χ4n) is 1.43. The number of benzene rings is 1. The second-order valence-electron chi connectivity index (χ2n) is 3.20. The van der Waals surface area contributed by atoms with E-state index in [9.17, 15) is 9.50 Å². The van der Waals surface area contributed by atoms with Crippen molar-refractivity contribution in [2.75, 3.05) is 12.8 Å². The largest absolute Gasteiger partial charge is 0.503 e. The number of ether oxygens (including phenoxy) is 1. The van der Waals surface area contributed by atoms with Crippen molar-refractivity contribution in [2.45, 2.75) is 0 Å². The van der Waals surface area contributed by atoms with Gasteiger partial charge in [0.25, 0.3) is 0 Å². The van der Waals surface area contributed by atoms with Crippen molar-refractivity contribution in [1.29, 1.82) is 0 Å². The Labute approximate surface area is 104 Å². The molecular formula is C10H8BrFN2O3. The highest BCUT2D eigenvalue weighted by Gasteiger charge is 2.21. The molecule has 0 aliphatic heterocycles. The highest BCUT2D eigenvalue weighted by molar-refractivity contribution is 9.10. The van der Waals surface area contributed by atoms with Gasteiger partial charge in [-0.2, -0.15) is 0 Å². The average molecular weight is 303 g/mol. The first-order valence-electron chi connectivity index (χ1n) is 4.51. The second-order valence-corrected chi connectivity index (χ2v) is 3.99. The minimum atomic E-state index is -0.610. The number of halogens is 2. The summed E-state index contributed by atoms with van der Waals surface area (Å²) in [6.07, 6.45) is 1.27. The number of nitrogen functional groups attached to an aromatic ring is 1. The molecule has 5 nitrogen and oxygen atoms in total. The van der Waals surface area contributed by atoms with Crippen molar-refractivity contribution in [2.24, 2.45) is 0 Å². The van der Waals surface area contributed by atoms with Crippen LogP contribution < -0.4 is 10.5 Å². The van der Waals surface area contributed by atoms with Gasteiger partial charge in [0.1, 0.15) is 5.82 Å². The molecule has 2 aromatic rings. The van der Waals surface area contributed by atoms with Crippen LogP contribution in [0.3, 0.4) is 0 Å². The summed E-state index contributed by atoms with van der Waals surface area (Å²) < 4.78 is 23.5. The number of hydrogen-bond donors (Lipinski definition) is 2. The summed E-state index contributed by atoms with van der Waals surface area (Å²) in [4.78, 5) is 0. The minimum Gasteiger partial charge on any atom is -0.503 e. The number of methoxy groups -OCH3 is 1. The summed E-state index contributed by atoms with van der Waals surface area (Å²) in [5.74, 6) is -0.840. The monoisotopic (exact) mass is 302 g/mol. The Balaban J connectivity index is 2.72. The molecule has 17 heavy (non-hydrogen) atoms. The molecule has 0 saturated heterocycles. The molecule has 0 aliphatic rings. The summed E-state index contributed by atoms with van der Waals surface area (Å²) >= 11 is 3.08. The smallest absolute Gasteiger partial charge is 0.230 e. The molecule has 0 saturated carbocycles. The molecule has 0 bridgehead atoms. The van der Waals surface area contributed by atoms with Crippen LogP contribution in [0, 0.1) is 5.82 Å². The lowest BCUT2D eigenvalue weighted by molar-refractivity contribution is 0.369. The Bertz CT molecular complexity index is 571. The number of nitrogens with two attached hydrogens (primary N) is 1.